The monoisotopic (exact) mass is 285 g/mol. The highest BCUT2D eigenvalue weighted by molar-refractivity contribution is 5.94. The number of benzene rings is 1. The molecule has 21 heavy (non-hydrogen) atoms. The minimum atomic E-state index is 0.0658. The van der Waals surface area contributed by atoms with Crippen LogP contribution in [0.2, 0.25) is 0 Å². The number of piperidine rings is 1. The lowest BCUT2D eigenvalue weighted by Crippen LogP contribution is -2.39. The fraction of sp³-hybridized carbons (Fsp3) is 0.500. The molecule has 1 aromatic carbocycles. The smallest absolute Gasteiger partial charge is 0.253 e. The zero-order valence-electron chi connectivity index (χ0n) is 12.9. The molecule has 1 aliphatic rings. The van der Waals surface area contributed by atoms with Crippen molar-refractivity contribution in [1.82, 2.24) is 4.90 Å². The molecule has 0 saturated carbocycles. The first kappa shape index (κ1) is 15.6. The summed E-state index contributed by atoms with van der Waals surface area (Å²) in [6.45, 7) is 5.94. The van der Waals surface area contributed by atoms with Gasteiger partial charge >= 0.3 is 0 Å². The summed E-state index contributed by atoms with van der Waals surface area (Å²) in [5.41, 5.74) is 2.64. The Labute approximate surface area is 127 Å². The summed E-state index contributed by atoms with van der Waals surface area (Å²) in [5, 5.41) is 8.79. The molecule has 0 aromatic heterocycles. The van der Waals surface area contributed by atoms with Gasteiger partial charge in [-0.2, -0.15) is 0 Å². The van der Waals surface area contributed by atoms with Crippen LogP contribution in [0.4, 0.5) is 0 Å². The molecular weight excluding hydrogens is 262 g/mol. The van der Waals surface area contributed by atoms with Crippen molar-refractivity contribution in [1.29, 1.82) is 0 Å². The molecule has 1 aromatic rings. The number of aliphatic hydroxyl groups is 1. The summed E-state index contributed by atoms with van der Waals surface area (Å²) in [6, 6.07) is 5.71. The molecule has 112 valence electrons. The maximum absolute atomic E-state index is 12.6. The predicted octanol–water partition coefficient (Wildman–Crippen LogP) is 2.60. The van der Waals surface area contributed by atoms with Gasteiger partial charge in [0.2, 0.25) is 0 Å². The third-order valence-corrected chi connectivity index (χ3v) is 3.89. The molecule has 3 nitrogen and oxygen atoms in total. The molecular formula is C18H23NO2. The molecule has 2 rings (SSSR count). The van der Waals surface area contributed by atoms with E-state index < -0.39 is 0 Å². The SMILES string of the molecule is Cc1ccc(C(=O)N2CCCC(C)C2)cc1C#CCCO. The van der Waals surface area contributed by atoms with E-state index in [1.54, 1.807) is 0 Å². The van der Waals surface area contributed by atoms with Crippen LogP contribution in [0.3, 0.4) is 0 Å². The Morgan fingerprint density at radius 2 is 2.29 bits per heavy atom. The average Bonchev–Trinajstić information content (AvgIpc) is 2.48. The molecule has 0 spiro atoms. The Morgan fingerprint density at radius 3 is 3.00 bits per heavy atom. The van der Waals surface area contributed by atoms with E-state index in [9.17, 15) is 4.79 Å². The summed E-state index contributed by atoms with van der Waals surface area (Å²) in [5.74, 6) is 6.64. The lowest BCUT2D eigenvalue weighted by atomic mass is 9.98. The highest BCUT2D eigenvalue weighted by atomic mass is 16.2. The van der Waals surface area contributed by atoms with Gasteiger partial charge in [-0.3, -0.25) is 4.79 Å². The van der Waals surface area contributed by atoms with Gasteiger partial charge in [0.1, 0.15) is 0 Å². The molecule has 0 aliphatic carbocycles. The zero-order valence-corrected chi connectivity index (χ0v) is 12.9. The van der Waals surface area contributed by atoms with Crippen LogP contribution in [0.1, 0.15) is 47.7 Å². The number of hydrogen-bond donors (Lipinski definition) is 1. The standard InChI is InChI=1S/C18H23NO2/c1-14-6-5-10-19(13-14)18(21)17-9-8-15(2)16(12-17)7-3-4-11-20/h8-9,12,14,20H,4-6,10-11,13H2,1-2H3. The molecule has 1 aliphatic heterocycles. The first-order valence-corrected chi connectivity index (χ1v) is 7.61. The molecule has 1 heterocycles. The van der Waals surface area contributed by atoms with E-state index >= 15 is 0 Å². The second-order valence-corrected chi connectivity index (χ2v) is 5.80. The van der Waals surface area contributed by atoms with Crippen molar-refractivity contribution < 1.29 is 9.90 Å². The summed E-state index contributed by atoms with van der Waals surface area (Å²) in [6.07, 6.45) is 2.75. The fourth-order valence-electron chi connectivity index (χ4n) is 2.66. The molecule has 1 unspecified atom stereocenters. The third-order valence-electron chi connectivity index (χ3n) is 3.89. The van der Waals surface area contributed by atoms with Gasteiger partial charge < -0.3 is 10.0 Å². The van der Waals surface area contributed by atoms with Gasteiger partial charge in [0.15, 0.2) is 0 Å². The number of carbonyl (C=O) groups excluding carboxylic acids is 1. The van der Waals surface area contributed by atoms with Crippen LogP contribution in [0, 0.1) is 24.7 Å². The van der Waals surface area contributed by atoms with E-state index in [0.717, 1.165) is 30.6 Å². The van der Waals surface area contributed by atoms with Crippen LogP contribution < -0.4 is 0 Å². The summed E-state index contributed by atoms with van der Waals surface area (Å²) >= 11 is 0. The number of likely N-dealkylation sites (tertiary alicyclic amines) is 1. The Hall–Kier alpha value is -1.79. The van der Waals surface area contributed by atoms with Crippen molar-refractivity contribution in [2.75, 3.05) is 19.7 Å². The number of amides is 1. The van der Waals surface area contributed by atoms with E-state index in [1.807, 2.05) is 30.0 Å². The lowest BCUT2D eigenvalue weighted by molar-refractivity contribution is 0.0683. The van der Waals surface area contributed by atoms with Gasteiger partial charge in [-0.05, 0) is 43.4 Å². The van der Waals surface area contributed by atoms with E-state index in [0.29, 0.717) is 17.9 Å². The predicted molar refractivity (Wildman–Crippen MR) is 84.1 cm³/mol. The number of rotatable bonds is 2. The Bertz CT molecular complexity index is 568. The molecule has 0 radical (unpaired) electrons. The average molecular weight is 285 g/mol. The molecule has 1 N–H and O–H groups in total. The fourth-order valence-corrected chi connectivity index (χ4v) is 2.66. The summed E-state index contributed by atoms with van der Waals surface area (Å²) in [7, 11) is 0. The number of hydrogen-bond acceptors (Lipinski definition) is 2. The van der Waals surface area contributed by atoms with Crippen LogP contribution in [-0.2, 0) is 0 Å². The molecule has 0 bridgehead atoms. The van der Waals surface area contributed by atoms with Crippen LogP contribution in [-0.4, -0.2) is 35.6 Å². The first-order valence-electron chi connectivity index (χ1n) is 7.61. The van der Waals surface area contributed by atoms with Crippen LogP contribution in [0.15, 0.2) is 18.2 Å². The Balaban J connectivity index is 2.18. The molecule has 1 fully saturated rings. The molecule has 1 atom stereocenters. The number of aliphatic hydroxyl groups excluding tert-OH is 1. The van der Waals surface area contributed by atoms with Crippen LogP contribution in [0.5, 0.6) is 0 Å². The van der Waals surface area contributed by atoms with Gasteiger partial charge in [0.05, 0.1) is 6.61 Å². The van der Waals surface area contributed by atoms with Gasteiger partial charge in [0.25, 0.3) is 5.91 Å². The van der Waals surface area contributed by atoms with E-state index in [4.69, 9.17) is 5.11 Å². The lowest BCUT2D eigenvalue weighted by Gasteiger charge is -2.31. The molecule has 1 saturated heterocycles. The molecule has 1 amide bonds. The van der Waals surface area contributed by atoms with Gasteiger partial charge in [-0.1, -0.05) is 24.8 Å². The third kappa shape index (κ3) is 4.09. The maximum atomic E-state index is 12.6. The van der Waals surface area contributed by atoms with E-state index in [-0.39, 0.29) is 12.5 Å². The first-order chi connectivity index (χ1) is 10.1. The van der Waals surface area contributed by atoms with Crippen molar-refractivity contribution in [3.63, 3.8) is 0 Å². The van der Waals surface area contributed by atoms with Crippen molar-refractivity contribution in [2.45, 2.75) is 33.1 Å². The minimum Gasteiger partial charge on any atom is -0.395 e. The maximum Gasteiger partial charge on any atom is 0.253 e. The highest BCUT2D eigenvalue weighted by Gasteiger charge is 2.22. The number of nitrogens with zero attached hydrogens (tertiary/aromatic N) is 1. The topological polar surface area (TPSA) is 40.5 Å². The summed E-state index contributed by atoms with van der Waals surface area (Å²) in [4.78, 5) is 14.5. The normalized spacial score (nSPS) is 18.0. The van der Waals surface area contributed by atoms with Gasteiger partial charge in [0, 0.05) is 30.6 Å². The summed E-state index contributed by atoms with van der Waals surface area (Å²) < 4.78 is 0. The quantitative estimate of drug-likeness (QED) is 0.849. The van der Waals surface area contributed by atoms with Crippen molar-refractivity contribution in [3.8, 4) is 11.8 Å². The Morgan fingerprint density at radius 1 is 1.48 bits per heavy atom. The largest absolute Gasteiger partial charge is 0.395 e. The van der Waals surface area contributed by atoms with E-state index in [1.165, 1.54) is 6.42 Å². The number of aryl methyl sites for hydroxylation is 1. The second kappa shape index (κ2) is 7.28. The van der Waals surface area contributed by atoms with E-state index in [2.05, 4.69) is 18.8 Å². The second-order valence-electron chi connectivity index (χ2n) is 5.80. The Kier molecular flexibility index (Phi) is 5.41. The zero-order chi connectivity index (χ0) is 15.2. The number of carbonyl (C=O) groups is 1. The van der Waals surface area contributed by atoms with Crippen LogP contribution in [0.25, 0.3) is 0 Å². The highest BCUT2D eigenvalue weighted by Crippen LogP contribution is 2.19. The van der Waals surface area contributed by atoms with Crippen molar-refractivity contribution in [2.24, 2.45) is 5.92 Å². The minimum absolute atomic E-state index is 0.0658. The van der Waals surface area contributed by atoms with Gasteiger partial charge in [-0.25, -0.2) is 0 Å². The van der Waals surface area contributed by atoms with Gasteiger partial charge in [-0.15, -0.1) is 0 Å². The van der Waals surface area contributed by atoms with Crippen molar-refractivity contribution in [3.05, 3.63) is 34.9 Å². The van der Waals surface area contributed by atoms with Crippen molar-refractivity contribution >= 4 is 5.91 Å². The molecule has 3 heteroatoms. The van der Waals surface area contributed by atoms with Crippen LogP contribution >= 0.6 is 0 Å².